The molecule has 22 heavy (non-hydrogen) atoms. The van der Waals surface area contributed by atoms with Crippen molar-refractivity contribution in [2.24, 2.45) is 0 Å². The molecular weight excluding hydrogens is 276 g/mol. The Hall–Kier alpha value is -1.68. The molecule has 2 aliphatic heterocycles. The molecule has 1 saturated heterocycles. The number of carbonyl (C=O) groups excluding carboxylic acids is 2. The zero-order valence-corrected chi connectivity index (χ0v) is 13.4. The summed E-state index contributed by atoms with van der Waals surface area (Å²) in [6.45, 7) is 6.02. The van der Waals surface area contributed by atoms with E-state index in [1.807, 2.05) is 12.1 Å². The van der Waals surface area contributed by atoms with Crippen molar-refractivity contribution in [3.05, 3.63) is 35.4 Å². The molecule has 2 heterocycles. The molecule has 2 amide bonds. The van der Waals surface area contributed by atoms with Crippen LogP contribution in [0.2, 0.25) is 0 Å². The smallest absolute Gasteiger partial charge is 0.261 e. The summed E-state index contributed by atoms with van der Waals surface area (Å²) in [5, 5.41) is 0. The largest absolute Gasteiger partial charge is 0.298 e. The molecule has 0 aliphatic carbocycles. The van der Waals surface area contributed by atoms with Crippen molar-refractivity contribution in [3.8, 4) is 0 Å². The maximum absolute atomic E-state index is 12.3. The lowest BCUT2D eigenvalue weighted by molar-refractivity contribution is 0.0625. The Morgan fingerprint density at radius 2 is 1.50 bits per heavy atom. The lowest BCUT2D eigenvalue weighted by Crippen LogP contribution is -2.45. The molecule has 0 radical (unpaired) electrons. The van der Waals surface area contributed by atoms with Crippen molar-refractivity contribution in [1.82, 2.24) is 9.80 Å². The predicted octanol–water partition coefficient (Wildman–Crippen LogP) is 2.94. The van der Waals surface area contributed by atoms with E-state index in [1.54, 1.807) is 12.1 Å². The highest BCUT2D eigenvalue weighted by Gasteiger charge is 2.34. The summed E-state index contributed by atoms with van der Waals surface area (Å²) in [7, 11) is 0. The summed E-state index contributed by atoms with van der Waals surface area (Å²) < 4.78 is 0. The molecule has 0 aromatic heterocycles. The van der Waals surface area contributed by atoms with Crippen LogP contribution in [0.1, 0.15) is 60.2 Å². The number of benzene rings is 1. The quantitative estimate of drug-likeness (QED) is 0.803. The van der Waals surface area contributed by atoms with E-state index >= 15 is 0 Å². The van der Waals surface area contributed by atoms with Gasteiger partial charge in [0.15, 0.2) is 0 Å². The summed E-state index contributed by atoms with van der Waals surface area (Å²) in [5.41, 5.74) is 1.10. The van der Waals surface area contributed by atoms with Gasteiger partial charge in [0.05, 0.1) is 11.1 Å². The third kappa shape index (κ3) is 2.68. The van der Waals surface area contributed by atoms with Crippen LogP contribution in [0.25, 0.3) is 0 Å². The molecule has 1 aromatic carbocycles. The summed E-state index contributed by atoms with van der Waals surface area (Å²) in [6, 6.07) is 8.31. The van der Waals surface area contributed by atoms with Crippen LogP contribution in [0.4, 0.5) is 0 Å². The molecule has 0 spiro atoms. The third-order valence-electron chi connectivity index (χ3n) is 5.05. The van der Waals surface area contributed by atoms with Crippen LogP contribution in [-0.2, 0) is 0 Å². The zero-order valence-electron chi connectivity index (χ0n) is 13.4. The molecule has 0 saturated carbocycles. The Labute approximate surface area is 132 Å². The number of piperidine rings is 1. The number of nitrogens with zero attached hydrogens (tertiary/aromatic N) is 2. The predicted molar refractivity (Wildman–Crippen MR) is 85.9 cm³/mol. The second-order valence-electron chi connectivity index (χ2n) is 6.53. The van der Waals surface area contributed by atoms with E-state index < -0.39 is 0 Å². The van der Waals surface area contributed by atoms with Gasteiger partial charge in [-0.2, -0.15) is 0 Å². The van der Waals surface area contributed by atoms with Crippen molar-refractivity contribution < 1.29 is 9.59 Å². The van der Waals surface area contributed by atoms with E-state index in [-0.39, 0.29) is 11.8 Å². The monoisotopic (exact) mass is 300 g/mol. The second kappa shape index (κ2) is 6.21. The molecule has 2 aliphatic rings. The van der Waals surface area contributed by atoms with Crippen LogP contribution in [-0.4, -0.2) is 46.8 Å². The number of carbonyl (C=O) groups is 2. The summed E-state index contributed by atoms with van der Waals surface area (Å²) in [6.07, 6.45) is 4.64. The molecule has 4 heteroatoms. The van der Waals surface area contributed by atoms with Crippen molar-refractivity contribution >= 4 is 11.8 Å². The van der Waals surface area contributed by atoms with Gasteiger partial charge >= 0.3 is 0 Å². The second-order valence-corrected chi connectivity index (χ2v) is 6.53. The molecule has 2 atom stereocenters. The lowest BCUT2D eigenvalue weighted by atomic mass is 9.97. The Bertz CT molecular complexity index is 539. The average molecular weight is 300 g/mol. The van der Waals surface area contributed by atoms with Gasteiger partial charge in [-0.05, 0) is 45.2 Å². The van der Waals surface area contributed by atoms with Crippen LogP contribution in [0.5, 0.6) is 0 Å². The number of imide groups is 1. The standard InChI is InChI=1S/C18H24N2O2/c1-13-7-5-8-14(2)19(13)11-6-12-20-17(21)15-9-3-4-10-16(15)18(20)22/h3-4,9-10,13-14H,5-8,11-12H2,1-2H3. The summed E-state index contributed by atoms with van der Waals surface area (Å²) >= 11 is 0. The van der Waals surface area contributed by atoms with Crippen LogP contribution < -0.4 is 0 Å². The van der Waals surface area contributed by atoms with Gasteiger partial charge in [-0.15, -0.1) is 0 Å². The summed E-state index contributed by atoms with van der Waals surface area (Å²) in [5.74, 6) is -0.277. The fourth-order valence-electron chi connectivity index (χ4n) is 3.77. The van der Waals surface area contributed by atoms with E-state index in [2.05, 4.69) is 18.7 Å². The number of hydrogen-bond acceptors (Lipinski definition) is 3. The molecule has 2 unspecified atom stereocenters. The van der Waals surface area contributed by atoms with Crippen LogP contribution >= 0.6 is 0 Å². The van der Waals surface area contributed by atoms with E-state index in [1.165, 1.54) is 24.2 Å². The maximum Gasteiger partial charge on any atom is 0.261 e. The van der Waals surface area contributed by atoms with Crippen LogP contribution in [0, 0.1) is 0 Å². The van der Waals surface area contributed by atoms with Crippen molar-refractivity contribution in [3.63, 3.8) is 0 Å². The molecule has 1 aromatic rings. The number of fused-ring (bicyclic) bond motifs is 1. The van der Waals surface area contributed by atoms with Gasteiger partial charge < -0.3 is 0 Å². The number of hydrogen-bond donors (Lipinski definition) is 0. The minimum Gasteiger partial charge on any atom is -0.298 e. The van der Waals surface area contributed by atoms with E-state index in [4.69, 9.17) is 0 Å². The molecule has 3 rings (SSSR count). The Balaban J connectivity index is 1.59. The average Bonchev–Trinajstić information content (AvgIpc) is 2.75. The molecule has 0 bridgehead atoms. The van der Waals surface area contributed by atoms with Crippen molar-refractivity contribution in [1.29, 1.82) is 0 Å². The number of likely N-dealkylation sites (tertiary alicyclic amines) is 1. The van der Waals surface area contributed by atoms with Gasteiger partial charge in [-0.25, -0.2) is 0 Å². The first kappa shape index (κ1) is 15.2. The fraction of sp³-hybridized carbons (Fsp3) is 0.556. The molecule has 1 fully saturated rings. The van der Waals surface area contributed by atoms with Crippen LogP contribution in [0.15, 0.2) is 24.3 Å². The van der Waals surface area contributed by atoms with Gasteiger partial charge in [0.1, 0.15) is 0 Å². The van der Waals surface area contributed by atoms with Gasteiger partial charge in [-0.3, -0.25) is 19.4 Å². The van der Waals surface area contributed by atoms with E-state index in [9.17, 15) is 9.59 Å². The number of amides is 2. The van der Waals surface area contributed by atoms with Gasteiger partial charge in [-0.1, -0.05) is 18.6 Å². The Morgan fingerprint density at radius 3 is 2.05 bits per heavy atom. The SMILES string of the molecule is CC1CCCC(C)N1CCCN1C(=O)c2ccccc2C1=O. The fourth-order valence-corrected chi connectivity index (χ4v) is 3.77. The number of rotatable bonds is 4. The molecule has 0 N–H and O–H groups in total. The Morgan fingerprint density at radius 1 is 0.955 bits per heavy atom. The molecular formula is C18H24N2O2. The minimum absolute atomic E-state index is 0.139. The van der Waals surface area contributed by atoms with E-state index in [0.717, 1.165) is 13.0 Å². The molecule has 118 valence electrons. The minimum atomic E-state index is -0.139. The maximum atomic E-state index is 12.3. The van der Waals surface area contributed by atoms with Crippen LogP contribution in [0.3, 0.4) is 0 Å². The van der Waals surface area contributed by atoms with E-state index in [0.29, 0.717) is 29.8 Å². The normalized spacial score (nSPS) is 25.6. The highest BCUT2D eigenvalue weighted by molar-refractivity contribution is 6.21. The van der Waals surface area contributed by atoms with Crippen molar-refractivity contribution in [2.75, 3.05) is 13.1 Å². The molecule has 4 nitrogen and oxygen atoms in total. The topological polar surface area (TPSA) is 40.6 Å². The first-order valence-corrected chi connectivity index (χ1v) is 8.30. The van der Waals surface area contributed by atoms with Gasteiger partial charge in [0, 0.05) is 25.2 Å². The zero-order chi connectivity index (χ0) is 15.7. The first-order valence-electron chi connectivity index (χ1n) is 8.30. The van der Waals surface area contributed by atoms with Gasteiger partial charge in [0.25, 0.3) is 11.8 Å². The first-order chi connectivity index (χ1) is 10.6. The Kier molecular flexibility index (Phi) is 4.30. The van der Waals surface area contributed by atoms with Crippen molar-refractivity contribution in [2.45, 2.75) is 51.6 Å². The highest BCUT2D eigenvalue weighted by Crippen LogP contribution is 2.24. The van der Waals surface area contributed by atoms with Gasteiger partial charge in [0.2, 0.25) is 0 Å². The lowest BCUT2D eigenvalue weighted by Gasteiger charge is -2.39. The summed E-state index contributed by atoms with van der Waals surface area (Å²) in [4.78, 5) is 28.5. The third-order valence-corrected chi connectivity index (χ3v) is 5.05. The highest BCUT2D eigenvalue weighted by atomic mass is 16.2.